The predicted molar refractivity (Wildman–Crippen MR) is 122 cm³/mol. The molecule has 1 N–H and O–H groups in total. The van der Waals surface area contributed by atoms with Crippen LogP contribution >= 0.6 is 35.8 Å². The summed E-state index contributed by atoms with van der Waals surface area (Å²) in [6, 6.07) is 12.9. The molecule has 162 valence electrons. The van der Waals surface area contributed by atoms with Crippen molar-refractivity contribution in [1.29, 1.82) is 0 Å². The van der Waals surface area contributed by atoms with Crippen LogP contribution in [0.2, 0.25) is 5.02 Å². The van der Waals surface area contributed by atoms with Crippen molar-refractivity contribution in [2.45, 2.75) is 23.2 Å². The maximum atomic E-state index is 13.5. The maximum absolute atomic E-state index is 13.5. The largest absolute Gasteiger partial charge is 0.497 e. The Kier molecular flexibility index (Phi) is 8.85. The zero-order valence-corrected chi connectivity index (χ0v) is 19.3. The number of ether oxygens (including phenoxy) is 2. The molecule has 1 aliphatic heterocycles. The third-order valence-corrected chi connectivity index (χ3v) is 6.45. The highest BCUT2D eigenvalue weighted by atomic mass is 35.5. The summed E-state index contributed by atoms with van der Waals surface area (Å²) < 4.78 is 10.8. The van der Waals surface area contributed by atoms with Crippen LogP contribution in [-0.4, -0.2) is 45.2 Å². The number of carbonyl (C=O) groups excluding carboxylic acids is 2. The van der Waals surface area contributed by atoms with Gasteiger partial charge in [0.25, 0.3) is 5.91 Å². The molecule has 1 amide bonds. The Morgan fingerprint density at radius 1 is 1.23 bits per heavy atom. The quantitative estimate of drug-likeness (QED) is 0.640. The molecule has 1 aliphatic rings. The van der Waals surface area contributed by atoms with Gasteiger partial charge in [-0.1, -0.05) is 29.8 Å². The van der Waals surface area contributed by atoms with Crippen LogP contribution in [0.3, 0.4) is 0 Å². The number of rotatable bonds is 6. The Morgan fingerprint density at radius 2 is 1.93 bits per heavy atom. The minimum Gasteiger partial charge on any atom is -0.497 e. The number of benzene rings is 2. The van der Waals surface area contributed by atoms with Gasteiger partial charge in [0.05, 0.1) is 28.0 Å². The zero-order valence-electron chi connectivity index (χ0n) is 16.9. The molecule has 0 unspecified atom stereocenters. The molecule has 9 heteroatoms. The number of halogens is 2. The molecule has 6 nitrogen and oxygen atoms in total. The van der Waals surface area contributed by atoms with Gasteiger partial charge < -0.3 is 19.7 Å². The van der Waals surface area contributed by atoms with Gasteiger partial charge in [-0.05, 0) is 36.9 Å². The van der Waals surface area contributed by atoms with Crippen molar-refractivity contribution in [2.75, 3.05) is 32.1 Å². The number of anilines is 1. The van der Waals surface area contributed by atoms with E-state index in [0.717, 1.165) is 16.1 Å². The smallest absolute Gasteiger partial charge is 0.303 e. The first-order valence-electron chi connectivity index (χ1n) is 9.18. The van der Waals surface area contributed by atoms with E-state index in [1.165, 1.54) is 18.7 Å². The molecule has 0 spiro atoms. The van der Waals surface area contributed by atoms with Gasteiger partial charge in [0.1, 0.15) is 5.75 Å². The van der Waals surface area contributed by atoms with E-state index >= 15 is 0 Å². The molecule has 0 saturated heterocycles. The van der Waals surface area contributed by atoms with Crippen molar-refractivity contribution in [3.63, 3.8) is 0 Å². The molecule has 2 atom stereocenters. The van der Waals surface area contributed by atoms with E-state index in [9.17, 15) is 9.59 Å². The summed E-state index contributed by atoms with van der Waals surface area (Å²) in [5.74, 6) is -0.0744. The van der Waals surface area contributed by atoms with Crippen molar-refractivity contribution in [3.8, 4) is 5.75 Å². The van der Waals surface area contributed by atoms with Crippen molar-refractivity contribution < 1.29 is 19.1 Å². The number of methoxy groups -OCH3 is 1. The lowest BCUT2D eigenvalue weighted by molar-refractivity contribution is -0.152. The van der Waals surface area contributed by atoms with Crippen molar-refractivity contribution >= 4 is 53.3 Å². The molecular formula is C21H24Cl2N2O4S. The van der Waals surface area contributed by atoms with Crippen LogP contribution in [0.1, 0.15) is 17.7 Å². The fourth-order valence-electron chi connectivity index (χ4n) is 3.20. The van der Waals surface area contributed by atoms with Gasteiger partial charge in [-0.2, -0.15) is 0 Å². The van der Waals surface area contributed by atoms with Crippen LogP contribution in [-0.2, 0) is 14.3 Å². The highest BCUT2D eigenvalue weighted by molar-refractivity contribution is 8.00. The van der Waals surface area contributed by atoms with Crippen LogP contribution in [0.4, 0.5) is 5.69 Å². The summed E-state index contributed by atoms with van der Waals surface area (Å²) in [5.41, 5.74) is 1.56. The highest BCUT2D eigenvalue weighted by Crippen LogP contribution is 2.49. The summed E-state index contributed by atoms with van der Waals surface area (Å²) in [4.78, 5) is 27.8. The summed E-state index contributed by atoms with van der Waals surface area (Å²) >= 11 is 7.94. The Labute approximate surface area is 191 Å². The first-order valence-corrected chi connectivity index (χ1v) is 10.4. The molecule has 0 aliphatic carbocycles. The van der Waals surface area contributed by atoms with Crippen LogP contribution in [0, 0.1) is 0 Å². The fourth-order valence-corrected chi connectivity index (χ4v) is 4.82. The number of likely N-dealkylation sites (N-methyl/N-ethyl adjacent to an activating group) is 1. The van der Waals surface area contributed by atoms with Crippen LogP contribution in [0.15, 0.2) is 47.4 Å². The predicted octanol–water partition coefficient (Wildman–Crippen LogP) is 4.10. The normalized spacial score (nSPS) is 18.1. The molecule has 1 heterocycles. The number of amides is 1. The van der Waals surface area contributed by atoms with E-state index < -0.39 is 17.3 Å². The second-order valence-electron chi connectivity index (χ2n) is 6.52. The third kappa shape index (κ3) is 5.21. The van der Waals surface area contributed by atoms with Gasteiger partial charge in [0.2, 0.25) is 0 Å². The van der Waals surface area contributed by atoms with Gasteiger partial charge in [-0.15, -0.1) is 24.2 Å². The number of esters is 1. The monoisotopic (exact) mass is 470 g/mol. The lowest BCUT2D eigenvalue weighted by Crippen LogP contribution is -2.45. The molecule has 0 bridgehead atoms. The number of nitrogens with zero attached hydrogens (tertiary/aromatic N) is 1. The third-order valence-electron chi connectivity index (χ3n) is 4.59. The summed E-state index contributed by atoms with van der Waals surface area (Å²) in [6.45, 7) is 2.32. The summed E-state index contributed by atoms with van der Waals surface area (Å²) in [6.07, 6.45) is -0.980. The van der Waals surface area contributed by atoms with Gasteiger partial charge in [-0.25, -0.2) is 0 Å². The van der Waals surface area contributed by atoms with Crippen molar-refractivity contribution in [1.82, 2.24) is 5.32 Å². The van der Waals surface area contributed by atoms with Gasteiger partial charge in [-0.3, -0.25) is 9.59 Å². The van der Waals surface area contributed by atoms with Crippen molar-refractivity contribution in [2.24, 2.45) is 0 Å². The second-order valence-corrected chi connectivity index (χ2v) is 8.08. The average Bonchev–Trinajstić information content (AvgIpc) is 2.82. The molecular weight excluding hydrogens is 447 g/mol. The lowest BCUT2D eigenvalue weighted by Gasteiger charge is -2.27. The Bertz CT molecular complexity index is 895. The van der Waals surface area contributed by atoms with Gasteiger partial charge >= 0.3 is 5.97 Å². The molecule has 0 fully saturated rings. The average molecular weight is 471 g/mol. The van der Waals surface area contributed by atoms with E-state index in [1.54, 1.807) is 18.1 Å². The maximum Gasteiger partial charge on any atom is 0.303 e. The van der Waals surface area contributed by atoms with Crippen LogP contribution in [0.5, 0.6) is 5.75 Å². The Hall–Kier alpha value is -1.93. The van der Waals surface area contributed by atoms with Gasteiger partial charge in [0.15, 0.2) is 6.10 Å². The molecule has 0 saturated carbocycles. The number of hydrogen-bond donors (Lipinski definition) is 1. The number of fused-ring (bicyclic) bond motifs is 1. The first kappa shape index (κ1) is 24.3. The number of nitrogens with one attached hydrogen (secondary N) is 1. The molecule has 0 aromatic heterocycles. The minimum absolute atomic E-state index is 0. The molecule has 2 aromatic carbocycles. The molecule has 30 heavy (non-hydrogen) atoms. The number of thioether (sulfide) groups is 1. The SMILES string of the molecule is CNCCN1C(=O)[C@@H](OC(C)=O)[C@@H](c2ccc(OC)cc2)Sc2c(Cl)cccc21.Cl. The number of carbonyl (C=O) groups is 2. The van der Waals surface area contributed by atoms with Crippen LogP contribution in [0.25, 0.3) is 0 Å². The van der Waals surface area contributed by atoms with E-state index in [1.807, 2.05) is 43.4 Å². The van der Waals surface area contributed by atoms with E-state index in [4.69, 9.17) is 21.1 Å². The fraction of sp³-hybridized carbons (Fsp3) is 0.333. The zero-order chi connectivity index (χ0) is 21.0. The number of hydrogen-bond acceptors (Lipinski definition) is 6. The summed E-state index contributed by atoms with van der Waals surface area (Å²) in [5, 5.41) is 3.16. The lowest BCUT2D eigenvalue weighted by atomic mass is 10.1. The molecule has 0 radical (unpaired) electrons. The molecule has 3 rings (SSSR count). The standard InChI is InChI=1S/C21H23ClN2O4S.ClH/c1-13(25)28-18-19(14-7-9-15(27-3)10-8-14)29-20-16(22)5-4-6-17(20)24(21(18)26)12-11-23-2;/h4-10,18-19,23H,11-12H2,1-3H3;1H/t18-,19+;/m0./s1. The summed E-state index contributed by atoms with van der Waals surface area (Å²) in [7, 11) is 3.41. The molecule has 2 aromatic rings. The second kappa shape index (κ2) is 10.9. The van der Waals surface area contributed by atoms with E-state index in [0.29, 0.717) is 23.9 Å². The highest BCUT2D eigenvalue weighted by Gasteiger charge is 2.41. The van der Waals surface area contributed by atoms with Crippen molar-refractivity contribution in [3.05, 3.63) is 53.1 Å². The topological polar surface area (TPSA) is 67.9 Å². The first-order chi connectivity index (χ1) is 14.0. The van der Waals surface area contributed by atoms with Crippen LogP contribution < -0.4 is 15.0 Å². The van der Waals surface area contributed by atoms with Gasteiger partial charge in [0, 0.05) is 20.0 Å². The van der Waals surface area contributed by atoms with E-state index in [2.05, 4.69) is 5.32 Å². The Balaban J connectivity index is 0.00000320. The van der Waals surface area contributed by atoms with E-state index in [-0.39, 0.29) is 18.3 Å². The Morgan fingerprint density at radius 3 is 2.53 bits per heavy atom. The minimum atomic E-state index is -0.980.